The van der Waals surface area contributed by atoms with Gasteiger partial charge in [0.2, 0.25) is 5.91 Å². The first kappa shape index (κ1) is 16.1. The molecule has 3 rings (SSSR count). The fourth-order valence-electron chi connectivity index (χ4n) is 2.97. The first-order valence-corrected chi connectivity index (χ1v) is 8.18. The van der Waals surface area contributed by atoms with E-state index in [9.17, 15) is 4.79 Å². The van der Waals surface area contributed by atoms with Crippen LogP contribution in [0.3, 0.4) is 0 Å². The average molecular weight is 320 g/mol. The van der Waals surface area contributed by atoms with Crippen LogP contribution >= 0.6 is 0 Å². The number of carbonyl (C=O) groups excluding carboxylic acids is 1. The first-order valence-electron chi connectivity index (χ1n) is 8.18. The maximum Gasteiger partial charge on any atom is 0.227 e. The van der Waals surface area contributed by atoms with Crippen LogP contribution in [0.15, 0.2) is 18.2 Å². The van der Waals surface area contributed by atoms with Gasteiger partial charge in [0, 0.05) is 32.7 Å². The molecule has 0 atom stereocenters. The van der Waals surface area contributed by atoms with E-state index in [1.165, 1.54) is 0 Å². The highest BCUT2D eigenvalue weighted by atomic mass is 16.5. The summed E-state index contributed by atoms with van der Waals surface area (Å²) >= 11 is 0. The summed E-state index contributed by atoms with van der Waals surface area (Å²) in [4.78, 5) is 12.6. The Hall–Kier alpha value is -1.79. The predicted molar refractivity (Wildman–Crippen MR) is 85.4 cm³/mol. The van der Waals surface area contributed by atoms with Crippen LogP contribution in [0.2, 0.25) is 0 Å². The van der Waals surface area contributed by atoms with Crippen molar-refractivity contribution in [3.63, 3.8) is 0 Å². The zero-order chi connectivity index (χ0) is 16.1. The highest BCUT2D eigenvalue weighted by Gasteiger charge is 2.38. The molecular weight excluding hydrogens is 296 g/mol. The van der Waals surface area contributed by atoms with Gasteiger partial charge < -0.3 is 25.3 Å². The van der Waals surface area contributed by atoms with Crippen molar-refractivity contribution in [3.05, 3.63) is 23.8 Å². The second kappa shape index (κ2) is 7.19. The lowest BCUT2D eigenvalue weighted by molar-refractivity contribution is -0.136. The van der Waals surface area contributed by atoms with Crippen molar-refractivity contribution in [2.24, 2.45) is 11.1 Å². The summed E-state index contributed by atoms with van der Waals surface area (Å²) in [6.07, 6.45) is 2.23. The Kier molecular flexibility index (Phi) is 5.03. The van der Waals surface area contributed by atoms with E-state index < -0.39 is 5.41 Å². The molecule has 3 N–H and O–H groups in total. The number of carbonyl (C=O) groups is 1. The number of amides is 1. The molecule has 0 unspecified atom stereocenters. The van der Waals surface area contributed by atoms with Gasteiger partial charge in [-0.05, 0) is 30.5 Å². The Labute approximate surface area is 136 Å². The molecule has 0 radical (unpaired) electrons. The Balaban J connectivity index is 1.63. The summed E-state index contributed by atoms with van der Waals surface area (Å²) in [5.74, 6) is 1.52. The van der Waals surface area contributed by atoms with Gasteiger partial charge in [-0.1, -0.05) is 6.07 Å². The van der Waals surface area contributed by atoms with Crippen molar-refractivity contribution in [2.75, 3.05) is 33.0 Å². The van der Waals surface area contributed by atoms with Crippen LogP contribution in [0.1, 0.15) is 24.8 Å². The van der Waals surface area contributed by atoms with Crippen molar-refractivity contribution in [1.82, 2.24) is 5.32 Å². The van der Waals surface area contributed by atoms with Crippen molar-refractivity contribution in [3.8, 4) is 11.5 Å². The van der Waals surface area contributed by atoms with Crippen LogP contribution in [0.4, 0.5) is 0 Å². The van der Waals surface area contributed by atoms with Gasteiger partial charge in [-0.25, -0.2) is 0 Å². The second-order valence-electron chi connectivity index (χ2n) is 6.11. The highest BCUT2D eigenvalue weighted by molar-refractivity contribution is 5.83. The number of hydrogen-bond donors (Lipinski definition) is 2. The molecule has 1 aromatic carbocycles. The fourth-order valence-corrected chi connectivity index (χ4v) is 2.97. The lowest BCUT2D eigenvalue weighted by atomic mass is 9.79. The lowest BCUT2D eigenvalue weighted by Crippen LogP contribution is -2.48. The van der Waals surface area contributed by atoms with Gasteiger partial charge in [0.15, 0.2) is 11.5 Å². The minimum atomic E-state index is -0.496. The van der Waals surface area contributed by atoms with Crippen molar-refractivity contribution < 1.29 is 19.0 Å². The molecule has 6 nitrogen and oxygen atoms in total. The third-order valence-electron chi connectivity index (χ3n) is 4.59. The maximum absolute atomic E-state index is 12.6. The van der Waals surface area contributed by atoms with Crippen LogP contribution in [-0.4, -0.2) is 38.9 Å². The fraction of sp³-hybridized carbons (Fsp3) is 0.588. The van der Waals surface area contributed by atoms with Crippen LogP contribution in [0, 0.1) is 5.41 Å². The zero-order valence-corrected chi connectivity index (χ0v) is 13.3. The van der Waals surface area contributed by atoms with Gasteiger partial charge in [0.25, 0.3) is 0 Å². The minimum Gasteiger partial charge on any atom is -0.490 e. The van der Waals surface area contributed by atoms with E-state index in [1.807, 2.05) is 18.2 Å². The molecule has 0 aromatic heterocycles. The van der Waals surface area contributed by atoms with E-state index in [0.29, 0.717) is 52.4 Å². The molecule has 1 fully saturated rings. The molecule has 2 heterocycles. The lowest BCUT2D eigenvalue weighted by Gasteiger charge is -2.34. The molecule has 6 heteroatoms. The molecule has 1 amide bonds. The van der Waals surface area contributed by atoms with Crippen molar-refractivity contribution in [1.29, 1.82) is 0 Å². The number of nitrogens with one attached hydrogen (secondary N) is 1. The van der Waals surface area contributed by atoms with Crippen LogP contribution in [0.5, 0.6) is 11.5 Å². The van der Waals surface area contributed by atoms with Crippen molar-refractivity contribution >= 4 is 5.91 Å². The van der Waals surface area contributed by atoms with Gasteiger partial charge in [0.05, 0.1) is 18.6 Å². The van der Waals surface area contributed by atoms with Gasteiger partial charge >= 0.3 is 0 Å². The minimum absolute atomic E-state index is 0.00964. The Morgan fingerprint density at radius 3 is 2.61 bits per heavy atom. The molecule has 0 bridgehead atoms. The Morgan fingerprint density at radius 2 is 1.87 bits per heavy atom. The summed E-state index contributed by atoms with van der Waals surface area (Å²) in [5.41, 5.74) is 6.36. The Bertz CT molecular complexity index is 556. The smallest absolute Gasteiger partial charge is 0.227 e. The summed E-state index contributed by atoms with van der Waals surface area (Å²) in [5, 5.41) is 3.01. The molecule has 2 aliphatic rings. The molecule has 0 saturated carbocycles. The zero-order valence-electron chi connectivity index (χ0n) is 13.3. The maximum atomic E-state index is 12.6. The summed E-state index contributed by atoms with van der Waals surface area (Å²) in [7, 11) is 0. The number of nitrogens with two attached hydrogens (primary N) is 1. The van der Waals surface area contributed by atoms with Gasteiger partial charge in [-0.2, -0.15) is 0 Å². The largest absolute Gasteiger partial charge is 0.490 e. The summed E-state index contributed by atoms with van der Waals surface area (Å²) in [6.45, 7) is 3.31. The molecule has 1 saturated heterocycles. The molecule has 2 aliphatic heterocycles. The normalized spacial score (nSPS) is 19.7. The van der Waals surface area contributed by atoms with Crippen LogP contribution in [-0.2, 0) is 16.1 Å². The third-order valence-corrected chi connectivity index (χ3v) is 4.59. The average Bonchev–Trinajstić information content (AvgIpc) is 2.85. The molecule has 1 aromatic rings. The van der Waals surface area contributed by atoms with Gasteiger partial charge in [-0.3, -0.25) is 4.79 Å². The third kappa shape index (κ3) is 3.59. The molecule has 126 valence electrons. The van der Waals surface area contributed by atoms with E-state index in [2.05, 4.69) is 5.32 Å². The van der Waals surface area contributed by atoms with Gasteiger partial charge in [-0.15, -0.1) is 0 Å². The molecule has 0 spiro atoms. The van der Waals surface area contributed by atoms with Crippen molar-refractivity contribution in [2.45, 2.75) is 25.8 Å². The van der Waals surface area contributed by atoms with Crippen LogP contribution < -0.4 is 20.5 Å². The van der Waals surface area contributed by atoms with E-state index in [-0.39, 0.29) is 5.91 Å². The van der Waals surface area contributed by atoms with E-state index in [4.69, 9.17) is 19.9 Å². The number of rotatable bonds is 4. The molecule has 0 aliphatic carbocycles. The topological polar surface area (TPSA) is 82.8 Å². The molecule has 23 heavy (non-hydrogen) atoms. The quantitative estimate of drug-likeness (QED) is 0.871. The predicted octanol–water partition coefficient (Wildman–Crippen LogP) is 1.22. The second-order valence-corrected chi connectivity index (χ2v) is 6.11. The van der Waals surface area contributed by atoms with Gasteiger partial charge in [0.1, 0.15) is 0 Å². The van der Waals surface area contributed by atoms with Crippen LogP contribution in [0.25, 0.3) is 0 Å². The molecular formula is C17H24N2O4. The first-order chi connectivity index (χ1) is 11.2. The monoisotopic (exact) mass is 320 g/mol. The number of ether oxygens (including phenoxy) is 3. The number of benzene rings is 1. The number of fused-ring (bicyclic) bond motifs is 1. The van der Waals surface area contributed by atoms with E-state index >= 15 is 0 Å². The summed E-state index contributed by atoms with van der Waals surface area (Å²) in [6, 6.07) is 5.78. The highest BCUT2D eigenvalue weighted by Crippen LogP contribution is 2.31. The van der Waals surface area contributed by atoms with E-state index in [0.717, 1.165) is 23.5 Å². The Morgan fingerprint density at radius 1 is 1.13 bits per heavy atom. The SMILES string of the molecule is NCC1(C(=O)NCc2ccc3c(c2)OCCCO3)CCOCC1. The summed E-state index contributed by atoms with van der Waals surface area (Å²) < 4.78 is 16.6. The van der Waals surface area contributed by atoms with E-state index in [1.54, 1.807) is 0 Å². The standard InChI is InChI=1S/C17H24N2O4/c18-12-17(4-8-21-9-5-17)16(20)19-11-13-2-3-14-15(10-13)23-7-1-6-22-14/h2-3,10H,1,4-9,11-12,18H2,(H,19,20). The number of hydrogen-bond acceptors (Lipinski definition) is 5.